The van der Waals surface area contributed by atoms with Crippen molar-refractivity contribution in [3.8, 4) is 11.3 Å². The minimum Gasteiger partial charge on any atom is -0.398 e. The van der Waals surface area contributed by atoms with Gasteiger partial charge in [0.2, 0.25) is 0 Å². The summed E-state index contributed by atoms with van der Waals surface area (Å²) in [6.45, 7) is 0. The molecule has 0 spiro atoms. The van der Waals surface area contributed by atoms with E-state index in [1.54, 1.807) is 11.8 Å². The van der Waals surface area contributed by atoms with Crippen LogP contribution in [0, 0.1) is 0 Å². The van der Waals surface area contributed by atoms with Crippen molar-refractivity contribution in [1.82, 2.24) is 10.2 Å². The minimum atomic E-state index is 0.775. The van der Waals surface area contributed by atoms with Crippen molar-refractivity contribution >= 4 is 17.4 Å². The zero-order valence-corrected chi connectivity index (χ0v) is 11.0. The third-order valence-electron chi connectivity index (χ3n) is 2.77. The summed E-state index contributed by atoms with van der Waals surface area (Å²) in [5.74, 6) is 0. The zero-order valence-electron chi connectivity index (χ0n) is 10.2. The molecule has 3 nitrogen and oxygen atoms in total. The van der Waals surface area contributed by atoms with Crippen molar-refractivity contribution < 1.29 is 0 Å². The molecule has 2 aromatic carbocycles. The van der Waals surface area contributed by atoms with E-state index in [0.29, 0.717) is 0 Å². The van der Waals surface area contributed by atoms with Crippen LogP contribution in [0.15, 0.2) is 70.6 Å². The standard InChI is InChI=1S/C15H13N3S/c16-12-8-4-5-9-14(12)19-15-10-13(17-18-15)11-6-2-1-3-7-11/h1-10H,16H2,(H,17,18). The zero-order chi connectivity index (χ0) is 13.1. The first-order valence-corrected chi connectivity index (χ1v) is 6.78. The Balaban J connectivity index is 1.85. The van der Waals surface area contributed by atoms with Gasteiger partial charge < -0.3 is 5.73 Å². The molecular formula is C15H13N3S. The Bertz CT molecular complexity index is 677. The Hall–Kier alpha value is -2.20. The molecule has 0 unspecified atom stereocenters. The summed E-state index contributed by atoms with van der Waals surface area (Å²) in [5, 5.41) is 8.28. The molecule has 94 valence electrons. The number of hydrogen-bond acceptors (Lipinski definition) is 3. The van der Waals surface area contributed by atoms with Gasteiger partial charge >= 0.3 is 0 Å². The Labute approximate surface area is 115 Å². The highest BCUT2D eigenvalue weighted by molar-refractivity contribution is 7.99. The SMILES string of the molecule is Nc1ccccc1Sc1cc(-c2ccccc2)[nH]n1. The Morgan fingerprint density at radius 3 is 2.47 bits per heavy atom. The summed E-state index contributed by atoms with van der Waals surface area (Å²) in [6, 6.07) is 20.0. The number of rotatable bonds is 3. The molecule has 3 rings (SSSR count). The van der Waals surface area contributed by atoms with Crippen LogP contribution in [0.4, 0.5) is 5.69 Å². The summed E-state index contributed by atoms with van der Waals surface area (Å²) in [4.78, 5) is 1.02. The third kappa shape index (κ3) is 2.63. The molecule has 0 radical (unpaired) electrons. The molecule has 4 heteroatoms. The highest BCUT2D eigenvalue weighted by atomic mass is 32.2. The largest absolute Gasteiger partial charge is 0.398 e. The van der Waals surface area contributed by atoms with Gasteiger partial charge in [-0.1, -0.05) is 54.2 Å². The maximum atomic E-state index is 5.93. The number of H-pyrrole nitrogens is 1. The predicted octanol–water partition coefficient (Wildman–Crippen LogP) is 3.81. The van der Waals surface area contributed by atoms with Gasteiger partial charge in [0.25, 0.3) is 0 Å². The van der Waals surface area contributed by atoms with E-state index in [1.807, 2.05) is 48.5 Å². The van der Waals surface area contributed by atoms with E-state index in [1.165, 1.54) is 0 Å². The number of aromatic nitrogens is 2. The lowest BCUT2D eigenvalue weighted by molar-refractivity contribution is 1.01. The molecule has 1 aromatic heterocycles. The molecule has 0 amide bonds. The fourth-order valence-electron chi connectivity index (χ4n) is 1.81. The minimum absolute atomic E-state index is 0.775. The molecule has 19 heavy (non-hydrogen) atoms. The summed E-state index contributed by atoms with van der Waals surface area (Å²) in [5.41, 5.74) is 8.84. The molecule has 0 aliphatic rings. The summed E-state index contributed by atoms with van der Waals surface area (Å²) < 4.78 is 0. The topological polar surface area (TPSA) is 54.7 Å². The number of aromatic amines is 1. The van der Waals surface area contributed by atoms with Crippen LogP contribution in [-0.2, 0) is 0 Å². The van der Waals surface area contributed by atoms with E-state index in [2.05, 4.69) is 22.3 Å². The Morgan fingerprint density at radius 2 is 1.68 bits per heavy atom. The van der Waals surface area contributed by atoms with Crippen LogP contribution in [0.3, 0.4) is 0 Å². The van der Waals surface area contributed by atoms with Crippen LogP contribution in [0.1, 0.15) is 0 Å². The molecule has 3 N–H and O–H groups in total. The van der Waals surface area contributed by atoms with Gasteiger partial charge in [0.15, 0.2) is 0 Å². The summed E-state index contributed by atoms with van der Waals surface area (Å²) in [7, 11) is 0. The monoisotopic (exact) mass is 267 g/mol. The molecule has 0 aliphatic heterocycles. The van der Waals surface area contributed by atoms with Crippen LogP contribution in [-0.4, -0.2) is 10.2 Å². The highest BCUT2D eigenvalue weighted by Gasteiger charge is 2.06. The van der Waals surface area contributed by atoms with Crippen LogP contribution < -0.4 is 5.73 Å². The van der Waals surface area contributed by atoms with Crippen molar-refractivity contribution in [2.24, 2.45) is 0 Å². The molecule has 0 saturated carbocycles. The molecular weight excluding hydrogens is 254 g/mol. The van der Waals surface area contributed by atoms with Gasteiger partial charge in [-0.05, 0) is 23.8 Å². The van der Waals surface area contributed by atoms with Crippen LogP contribution in [0.2, 0.25) is 0 Å². The maximum Gasteiger partial charge on any atom is 0.123 e. The first-order valence-electron chi connectivity index (χ1n) is 5.96. The van der Waals surface area contributed by atoms with Gasteiger partial charge in [-0.15, -0.1) is 0 Å². The van der Waals surface area contributed by atoms with Crippen molar-refractivity contribution in [1.29, 1.82) is 0 Å². The van der Waals surface area contributed by atoms with E-state index < -0.39 is 0 Å². The van der Waals surface area contributed by atoms with Crippen LogP contribution >= 0.6 is 11.8 Å². The van der Waals surface area contributed by atoms with Gasteiger partial charge in [0.1, 0.15) is 5.03 Å². The van der Waals surface area contributed by atoms with E-state index >= 15 is 0 Å². The number of nitrogens with two attached hydrogens (primary N) is 1. The number of para-hydroxylation sites is 1. The number of hydrogen-bond donors (Lipinski definition) is 2. The lowest BCUT2D eigenvalue weighted by Crippen LogP contribution is -1.86. The number of nitrogen functional groups attached to an aromatic ring is 1. The van der Waals surface area contributed by atoms with E-state index in [0.717, 1.165) is 26.9 Å². The smallest absolute Gasteiger partial charge is 0.123 e. The molecule has 1 heterocycles. The number of benzene rings is 2. The molecule has 0 aliphatic carbocycles. The van der Waals surface area contributed by atoms with Crippen molar-refractivity contribution in [2.75, 3.05) is 5.73 Å². The van der Waals surface area contributed by atoms with E-state index in [9.17, 15) is 0 Å². The number of nitrogens with one attached hydrogen (secondary N) is 1. The van der Waals surface area contributed by atoms with Gasteiger partial charge in [0, 0.05) is 10.6 Å². The van der Waals surface area contributed by atoms with Gasteiger partial charge in [-0.25, -0.2) is 0 Å². The average molecular weight is 267 g/mol. The number of nitrogens with zero attached hydrogens (tertiary/aromatic N) is 1. The summed E-state index contributed by atoms with van der Waals surface area (Å²) >= 11 is 1.56. The van der Waals surface area contributed by atoms with E-state index in [4.69, 9.17) is 5.73 Å². The van der Waals surface area contributed by atoms with Crippen LogP contribution in [0.5, 0.6) is 0 Å². The first kappa shape index (κ1) is 11.9. The fourth-order valence-corrected chi connectivity index (χ4v) is 2.63. The van der Waals surface area contributed by atoms with Gasteiger partial charge in [-0.2, -0.15) is 5.10 Å². The highest BCUT2D eigenvalue weighted by Crippen LogP contribution is 2.32. The maximum absolute atomic E-state index is 5.93. The first-order chi connectivity index (χ1) is 9.33. The fraction of sp³-hybridized carbons (Fsp3) is 0. The van der Waals surface area contributed by atoms with Crippen molar-refractivity contribution in [2.45, 2.75) is 9.92 Å². The van der Waals surface area contributed by atoms with Crippen molar-refractivity contribution in [3.63, 3.8) is 0 Å². The normalized spacial score (nSPS) is 10.5. The molecule has 0 fully saturated rings. The van der Waals surface area contributed by atoms with Gasteiger partial charge in [0.05, 0.1) is 5.69 Å². The molecule has 0 atom stereocenters. The molecule has 0 saturated heterocycles. The predicted molar refractivity (Wildman–Crippen MR) is 79.0 cm³/mol. The van der Waals surface area contributed by atoms with E-state index in [-0.39, 0.29) is 0 Å². The lowest BCUT2D eigenvalue weighted by atomic mass is 10.2. The second kappa shape index (κ2) is 5.20. The number of anilines is 1. The summed E-state index contributed by atoms with van der Waals surface area (Å²) in [6.07, 6.45) is 0. The molecule has 3 aromatic rings. The third-order valence-corrected chi connectivity index (χ3v) is 3.78. The quantitative estimate of drug-likeness (QED) is 0.709. The van der Waals surface area contributed by atoms with Crippen molar-refractivity contribution in [3.05, 3.63) is 60.7 Å². The Morgan fingerprint density at radius 1 is 0.947 bits per heavy atom. The Kier molecular flexibility index (Phi) is 3.25. The second-order valence-corrected chi connectivity index (χ2v) is 5.19. The molecule has 0 bridgehead atoms. The second-order valence-electron chi connectivity index (χ2n) is 4.13. The lowest BCUT2D eigenvalue weighted by Gasteiger charge is -2.01. The van der Waals surface area contributed by atoms with Gasteiger partial charge in [-0.3, -0.25) is 5.10 Å². The van der Waals surface area contributed by atoms with Crippen LogP contribution in [0.25, 0.3) is 11.3 Å². The average Bonchev–Trinajstić information content (AvgIpc) is 2.91.